The van der Waals surface area contributed by atoms with Gasteiger partial charge in [-0.25, -0.2) is 4.99 Å². The number of amides is 1. The van der Waals surface area contributed by atoms with Gasteiger partial charge >= 0.3 is 0 Å². The van der Waals surface area contributed by atoms with Crippen molar-refractivity contribution in [3.8, 4) is 6.07 Å². The molecule has 2 rings (SSSR count). The molecule has 2 aliphatic carbocycles. The van der Waals surface area contributed by atoms with E-state index in [1.54, 1.807) is 19.0 Å². The molecule has 0 saturated heterocycles. The number of likely N-dealkylation sites (N-methyl/N-ethyl adjacent to an activating group) is 1. The SMILES string of the molecule is CN(C)C(=O)CN=C(NC1CCCC1)NC1CCCC1C#N.I. The summed E-state index contributed by atoms with van der Waals surface area (Å²) in [6, 6.07) is 2.95. The normalized spacial score (nSPS) is 24.7. The van der Waals surface area contributed by atoms with Gasteiger partial charge in [-0.3, -0.25) is 4.79 Å². The summed E-state index contributed by atoms with van der Waals surface area (Å²) in [7, 11) is 3.47. The summed E-state index contributed by atoms with van der Waals surface area (Å²) in [6.45, 7) is 0.138. The largest absolute Gasteiger partial charge is 0.354 e. The van der Waals surface area contributed by atoms with Crippen molar-refractivity contribution in [3.63, 3.8) is 0 Å². The standard InChI is InChI=1S/C16H27N5O.HI/c1-21(2)15(22)11-18-16(19-13-7-3-4-8-13)20-14-9-5-6-12(14)10-17;/h12-14H,3-9,11H2,1-2H3,(H2,18,19,20);1H. The van der Waals surface area contributed by atoms with E-state index in [1.165, 1.54) is 12.8 Å². The molecule has 1 amide bonds. The molecule has 2 unspecified atom stereocenters. The van der Waals surface area contributed by atoms with Crippen LogP contribution in [-0.4, -0.2) is 49.5 Å². The molecule has 23 heavy (non-hydrogen) atoms. The molecule has 2 N–H and O–H groups in total. The number of rotatable bonds is 4. The molecule has 2 fully saturated rings. The van der Waals surface area contributed by atoms with Gasteiger partial charge in [-0.2, -0.15) is 5.26 Å². The van der Waals surface area contributed by atoms with Crippen LogP contribution in [-0.2, 0) is 4.79 Å². The summed E-state index contributed by atoms with van der Waals surface area (Å²) in [4.78, 5) is 17.7. The van der Waals surface area contributed by atoms with Gasteiger partial charge in [-0.15, -0.1) is 24.0 Å². The molecular weight excluding hydrogens is 405 g/mol. The molecule has 0 bridgehead atoms. The van der Waals surface area contributed by atoms with Crippen LogP contribution in [0.2, 0.25) is 0 Å². The zero-order valence-corrected chi connectivity index (χ0v) is 16.4. The molecule has 130 valence electrons. The summed E-state index contributed by atoms with van der Waals surface area (Å²) < 4.78 is 0. The lowest BCUT2D eigenvalue weighted by Crippen LogP contribution is -2.48. The number of hydrogen-bond donors (Lipinski definition) is 2. The van der Waals surface area contributed by atoms with Crippen molar-refractivity contribution >= 4 is 35.8 Å². The Balaban J connectivity index is 0.00000264. The highest BCUT2D eigenvalue weighted by Crippen LogP contribution is 2.25. The van der Waals surface area contributed by atoms with Gasteiger partial charge in [-0.1, -0.05) is 12.8 Å². The summed E-state index contributed by atoms with van der Waals surface area (Å²) in [5.41, 5.74) is 0. The number of guanidine groups is 1. The van der Waals surface area contributed by atoms with Crippen LogP contribution in [0.3, 0.4) is 0 Å². The first kappa shape index (κ1) is 20.0. The Morgan fingerprint density at radius 1 is 1.17 bits per heavy atom. The smallest absolute Gasteiger partial charge is 0.243 e. The maximum absolute atomic E-state index is 11.8. The zero-order chi connectivity index (χ0) is 15.9. The van der Waals surface area contributed by atoms with Gasteiger partial charge in [0, 0.05) is 26.2 Å². The third kappa shape index (κ3) is 6.16. The Morgan fingerprint density at radius 3 is 2.48 bits per heavy atom. The third-order valence-electron chi connectivity index (χ3n) is 4.57. The van der Waals surface area contributed by atoms with Crippen LogP contribution in [0.5, 0.6) is 0 Å². The van der Waals surface area contributed by atoms with Crippen molar-refractivity contribution in [2.75, 3.05) is 20.6 Å². The van der Waals surface area contributed by atoms with E-state index in [2.05, 4.69) is 21.7 Å². The van der Waals surface area contributed by atoms with E-state index in [1.807, 2.05) is 0 Å². The summed E-state index contributed by atoms with van der Waals surface area (Å²) in [6.07, 6.45) is 7.79. The van der Waals surface area contributed by atoms with Crippen molar-refractivity contribution in [2.24, 2.45) is 10.9 Å². The fourth-order valence-electron chi connectivity index (χ4n) is 3.15. The van der Waals surface area contributed by atoms with Gasteiger partial charge < -0.3 is 15.5 Å². The minimum Gasteiger partial charge on any atom is -0.354 e. The number of hydrogen-bond acceptors (Lipinski definition) is 3. The second-order valence-corrected chi connectivity index (χ2v) is 6.50. The number of aliphatic imine (C=N–C) groups is 1. The van der Waals surface area contributed by atoms with Gasteiger partial charge in [-0.05, 0) is 32.1 Å². The lowest BCUT2D eigenvalue weighted by atomic mass is 10.1. The first-order valence-electron chi connectivity index (χ1n) is 8.27. The van der Waals surface area contributed by atoms with Gasteiger partial charge in [0.1, 0.15) is 6.54 Å². The Kier molecular flexibility index (Phi) is 8.66. The van der Waals surface area contributed by atoms with E-state index in [-0.39, 0.29) is 48.4 Å². The number of carbonyl (C=O) groups excluding carboxylic acids is 1. The molecule has 2 saturated carbocycles. The number of nitriles is 1. The number of nitrogens with one attached hydrogen (secondary N) is 2. The maximum atomic E-state index is 11.8. The lowest BCUT2D eigenvalue weighted by Gasteiger charge is -2.22. The first-order valence-corrected chi connectivity index (χ1v) is 8.27. The van der Waals surface area contributed by atoms with Crippen LogP contribution in [0.4, 0.5) is 0 Å². The molecule has 0 aliphatic heterocycles. The molecule has 0 aromatic carbocycles. The molecule has 2 aliphatic rings. The molecule has 0 heterocycles. The van der Waals surface area contributed by atoms with E-state index in [9.17, 15) is 10.1 Å². The maximum Gasteiger partial charge on any atom is 0.243 e. The summed E-state index contributed by atoms with van der Waals surface area (Å²) >= 11 is 0. The first-order chi connectivity index (χ1) is 10.6. The van der Waals surface area contributed by atoms with Crippen molar-refractivity contribution in [1.82, 2.24) is 15.5 Å². The van der Waals surface area contributed by atoms with Crippen LogP contribution < -0.4 is 10.6 Å². The molecule has 7 heteroatoms. The molecule has 0 aromatic rings. The average Bonchev–Trinajstić information content (AvgIpc) is 3.15. The quantitative estimate of drug-likeness (QED) is 0.403. The van der Waals surface area contributed by atoms with Crippen LogP contribution in [0, 0.1) is 17.2 Å². The van der Waals surface area contributed by atoms with E-state index in [0.717, 1.165) is 32.1 Å². The Morgan fingerprint density at radius 2 is 1.87 bits per heavy atom. The minimum absolute atomic E-state index is 0. The van der Waals surface area contributed by atoms with Gasteiger partial charge in [0.25, 0.3) is 0 Å². The van der Waals surface area contributed by atoms with Crippen molar-refractivity contribution in [1.29, 1.82) is 5.26 Å². The Bertz CT molecular complexity index is 454. The molecule has 0 radical (unpaired) electrons. The average molecular weight is 433 g/mol. The number of carbonyl (C=O) groups is 1. The fraction of sp³-hybridized carbons (Fsp3) is 0.812. The predicted octanol–water partition coefficient (Wildman–Crippen LogP) is 1.86. The zero-order valence-electron chi connectivity index (χ0n) is 14.0. The molecular formula is C16H28IN5O. The minimum atomic E-state index is -0.0178. The van der Waals surface area contributed by atoms with Crippen molar-refractivity contribution in [2.45, 2.75) is 57.0 Å². The molecule has 0 spiro atoms. The van der Waals surface area contributed by atoms with E-state index < -0.39 is 0 Å². The molecule has 2 atom stereocenters. The summed E-state index contributed by atoms with van der Waals surface area (Å²) in [5.74, 6) is 0.713. The van der Waals surface area contributed by atoms with Crippen LogP contribution >= 0.6 is 24.0 Å². The highest BCUT2D eigenvalue weighted by atomic mass is 127. The Labute approximate surface area is 156 Å². The highest BCUT2D eigenvalue weighted by molar-refractivity contribution is 14.0. The third-order valence-corrected chi connectivity index (χ3v) is 4.57. The monoisotopic (exact) mass is 433 g/mol. The van der Waals surface area contributed by atoms with E-state index >= 15 is 0 Å². The second-order valence-electron chi connectivity index (χ2n) is 6.50. The van der Waals surface area contributed by atoms with Gasteiger partial charge in [0.2, 0.25) is 5.91 Å². The highest BCUT2D eigenvalue weighted by Gasteiger charge is 2.28. The second kappa shape index (κ2) is 9.96. The topological polar surface area (TPSA) is 80.5 Å². The van der Waals surface area contributed by atoms with Gasteiger partial charge in [0.15, 0.2) is 5.96 Å². The van der Waals surface area contributed by atoms with E-state index in [4.69, 9.17) is 0 Å². The Hall–Kier alpha value is -1.04. The molecule has 0 aromatic heterocycles. The van der Waals surface area contributed by atoms with Crippen molar-refractivity contribution in [3.05, 3.63) is 0 Å². The van der Waals surface area contributed by atoms with Crippen LogP contribution in [0.25, 0.3) is 0 Å². The number of halogens is 1. The lowest BCUT2D eigenvalue weighted by molar-refractivity contribution is -0.127. The van der Waals surface area contributed by atoms with Gasteiger partial charge in [0.05, 0.1) is 12.0 Å². The van der Waals surface area contributed by atoms with Crippen LogP contribution in [0.15, 0.2) is 4.99 Å². The fourth-order valence-corrected chi connectivity index (χ4v) is 3.15. The molecule has 6 nitrogen and oxygen atoms in total. The van der Waals surface area contributed by atoms with Crippen molar-refractivity contribution < 1.29 is 4.79 Å². The number of nitrogens with zero attached hydrogens (tertiary/aromatic N) is 3. The van der Waals surface area contributed by atoms with Crippen LogP contribution in [0.1, 0.15) is 44.9 Å². The predicted molar refractivity (Wildman–Crippen MR) is 102 cm³/mol. The summed E-state index contributed by atoms with van der Waals surface area (Å²) in [5, 5.41) is 16.0. The van der Waals surface area contributed by atoms with E-state index in [0.29, 0.717) is 12.0 Å².